The van der Waals surface area contributed by atoms with E-state index in [2.05, 4.69) is 23.3 Å². The average Bonchev–Trinajstić information content (AvgIpc) is 2.83. The van der Waals surface area contributed by atoms with E-state index in [0.717, 1.165) is 25.1 Å². The molecule has 3 heteroatoms. The Labute approximate surface area is 89.7 Å². The van der Waals surface area contributed by atoms with E-state index in [-0.39, 0.29) is 11.6 Å². The Kier molecular flexibility index (Phi) is 1.82. The molecule has 15 heavy (non-hydrogen) atoms. The Morgan fingerprint density at radius 3 is 2.93 bits per heavy atom. The van der Waals surface area contributed by atoms with Crippen molar-refractivity contribution in [3.8, 4) is 0 Å². The van der Waals surface area contributed by atoms with Crippen LogP contribution in [0.25, 0.3) is 0 Å². The van der Waals surface area contributed by atoms with Crippen LogP contribution in [-0.2, 0) is 0 Å². The monoisotopic (exact) mass is 204 g/mol. The minimum Gasteiger partial charge on any atom is -0.386 e. The maximum Gasteiger partial charge on any atom is 0.105 e. The van der Waals surface area contributed by atoms with Gasteiger partial charge in [0, 0.05) is 24.8 Å². The van der Waals surface area contributed by atoms with Gasteiger partial charge in [-0.1, -0.05) is 18.2 Å². The molecule has 80 valence electrons. The number of anilines is 1. The molecule has 0 aromatic heterocycles. The summed E-state index contributed by atoms with van der Waals surface area (Å²) in [5, 5.41) is 13.8. The predicted octanol–water partition coefficient (Wildman–Crippen LogP) is 0.902. The molecule has 1 spiro atoms. The van der Waals surface area contributed by atoms with Crippen molar-refractivity contribution in [2.24, 2.45) is 0 Å². The zero-order chi connectivity index (χ0) is 10.5. The van der Waals surface area contributed by atoms with Crippen molar-refractivity contribution in [1.29, 1.82) is 0 Å². The van der Waals surface area contributed by atoms with Crippen molar-refractivity contribution < 1.29 is 5.11 Å². The molecule has 1 saturated heterocycles. The van der Waals surface area contributed by atoms with E-state index in [0.29, 0.717) is 0 Å². The van der Waals surface area contributed by atoms with Crippen LogP contribution >= 0.6 is 0 Å². The molecule has 0 radical (unpaired) electrons. The third kappa shape index (κ3) is 1.02. The van der Waals surface area contributed by atoms with Gasteiger partial charge in [0.2, 0.25) is 0 Å². The lowest BCUT2D eigenvalue weighted by Gasteiger charge is -2.35. The van der Waals surface area contributed by atoms with Crippen molar-refractivity contribution in [3.05, 3.63) is 29.8 Å². The third-order valence-corrected chi connectivity index (χ3v) is 3.94. The van der Waals surface area contributed by atoms with Crippen LogP contribution in [0.15, 0.2) is 24.3 Å². The summed E-state index contributed by atoms with van der Waals surface area (Å²) in [6.07, 6.45) is 0.660. The van der Waals surface area contributed by atoms with Crippen molar-refractivity contribution in [2.45, 2.75) is 18.1 Å². The first-order chi connectivity index (χ1) is 7.26. The lowest BCUT2D eigenvalue weighted by Crippen LogP contribution is -2.48. The fraction of sp³-hybridized carbons (Fsp3) is 0.500. The van der Waals surface area contributed by atoms with E-state index in [1.54, 1.807) is 0 Å². The van der Waals surface area contributed by atoms with E-state index < -0.39 is 0 Å². The van der Waals surface area contributed by atoms with Crippen LogP contribution in [0.3, 0.4) is 0 Å². The highest BCUT2D eigenvalue weighted by Gasteiger charge is 2.50. The van der Waals surface area contributed by atoms with Crippen LogP contribution < -0.4 is 10.2 Å². The molecule has 0 aliphatic carbocycles. The Morgan fingerprint density at radius 2 is 2.27 bits per heavy atom. The molecule has 2 aliphatic heterocycles. The number of fused-ring (bicyclic) bond motifs is 1. The third-order valence-electron chi connectivity index (χ3n) is 3.94. The minimum atomic E-state index is -0.353. The number of rotatable bonds is 0. The standard InChI is InChI=1S/C12H16N2O/c1-14-10-5-3-2-4-9(10)11(15)12(14)6-7-13-8-12/h2-5,11,13,15H,6-8H2,1H3. The first-order valence-corrected chi connectivity index (χ1v) is 5.47. The van der Waals surface area contributed by atoms with Crippen LogP contribution in [0.4, 0.5) is 5.69 Å². The summed E-state index contributed by atoms with van der Waals surface area (Å²) in [4.78, 5) is 2.24. The van der Waals surface area contributed by atoms with Gasteiger partial charge in [-0.25, -0.2) is 0 Å². The molecule has 1 aromatic carbocycles. The van der Waals surface area contributed by atoms with Gasteiger partial charge >= 0.3 is 0 Å². The normalized spacial score (nSPS) is 33.7. The molecule has 1 fully saturated rings. The van der Waals surface area contributed by atoms with Gasteiger partial charge in [-0.05, 0) is 19.0 Å². The van der Waals surface area contributed by atoms with E-state index in [9.17, 15) is 5.11 Å². The van der Waals surface area contributed by atoms with E-state index in [1.165, 1.54) is 5.69 Å². The van der Waals surface area contributed by atoms with Gasteiger partial charge in [0.1, 0.15) is 6.10 Å². The minimum absolute atomic E-state index is 0.107. The van der Waals surface area contributed by atoms with Crippen LogP contribution in [0.5, 0.6) is 0 Å². The number of aliphatic hydroxyl groups is 1. The van der Waals surface area contributed by atoms with Crippen LogP contribution in [0, 0.1) is 0 Å². The van der Waals surface area contributed by atoms with Gasteiger partial charge in [-0.2, -0.15) is 0 Å². The summed E-state index contributed by atoms with van der Waals surface area (Å²) < 4.78 is 0. The Hall–Kier alpha value is -1.06. The maximum absolute atomic E-state index is 10.4. The molecule has 0 bridgehead atoms. The molecule has 3 rings (SSSR count). The molecule has 2 N–H and O–H groups in total. The largest absolute Gasteiger partial charge is 0.386 e. The van der Waals surface area contributed by atoms with Gasteiger partial charge in [0.05, 0.1) is 5.54 Å². The van der Waals surface area contributed by atoms with Crippen molar-refractivity contribution in [2.75, 3.05) is 25.0 Å². The quantitative estimate of drug-likeness (QED) is 0.659. The Balaban J connectivity index is 2.12. The lowest BCUT2D eigenvalue weighted by molar-refractivity contribution is 0.105. The highest BCUT2D eigenvalue weighted by atomic mass is 16.3. The number of nitrogens with one attached hydrogen (secondary N) is 1. The molecule has 2 heterocycles. The van der Waals surface area contributed by atoms with E-state index in [4.69, 9.17) is 0 Å². The zero-order valence-corrected chi connectivity index (χ0v) is 8.90. The van der Waals surface area contributed by atoms with Gasteiger partial charge in [-0.3, -0.25) is 0 Å². The predicted molar refractivity (Wildman–Crippen MR) is 60.0 cm³/mol. The summed E-state index contributed by atoms with van der Waals surface area (Å²) in [6.45, 7) is 1.87. The smallest absolute Gasteiger partial charge is 0.105 e. The number of aliphatic hydroxyl groups excluding tert-OH is 1. The molecule has 2 unspecified atom stereocenters. The number of benzene rings is 1. The second-order valence-corrected chi connectivity index (χ2v) is 4.55. The van der Waals surface area contributed by atoms with Crippen molar-refractivity contribution in [3.63, 3.8) is 0 Å². The average molecular weight is 204 g/mol. The molecule has 1 aromatic rings. The lowest BCUT2D eigenvalue weighted by atomic mass is 9.90. The maximum atomic E-state index is 10.4. The molecular weight excluding hydrogens is 188 g/mol. The van der Waals surface area contributed by atoms with Crippen molar-refractivity contribution in [1.82, 2.24) is 5.32 Å². The second kappa shape index (κ2) is 2.97. The zero-order valence-electron chi connectivity index (χ0n) is 8.90. The Bertz CT molecular complexity index is 354. The Morgan fingerprint density at radius 1 is 1.47 bits per heavy atom. The number of likely N-dealkylation sites (N-methyl/N-ethyl adjacent to an activating group) is 1. The fourth-order valence-corrected chi connectivity index (χ4v) is 2.95. The van der Waals surface area contributed by atoms with Crippen LogP contribution in [-0.4, -0.2) is 30.8 Å². The number of hydrogen-bond acceptors (Lipinski definition) is 3. The first-order valence-electron chi connectivity index (χ1n) is 5.47. The van der Waals surface area contributed by atoms with Gasteiger partial charge in [-0.15, -0.1) is 0 Å². The molecule has 2 aliphatic rings. The van der Waals surface area contributed by atoms with Crippen molar-refractivity contribution >= 4 is 5.69 Å². The summed E-state index contributed by atoms with van der Waals surface area (Å²) in [5.41, 5.74) is 2.14. The first kappa shape index (κ1) is 9.19. The highest BCUT2D eigenvalue weighted by Crippen LogP contribution is 2.47. The molecule has 0 saturated carbocycles. The van der Waals surface area contributed by atoms with Crippen LogP contribution in [0.1, 0.15) is 18.1 Å². The second-order valence-electron chi connectivity index (χ2n) is 4.55. The molecule has 2 atom stereocenters. The molecular formula is C12H16N2O. The number of nitrogens with zero attached hydrogens (tertiary/aromatic N) is 1. The molecule has 3 nitrogen and oxygen atoms in total. The molecule has 0 amide bonds. The van der Waals surface area contributed by atoms with E-state index >= 15 is 0 Å². The number of para-hydroxylation sites is 1. The van der Waals surface area contributed by atoms with Gasteiger partial charge in [0.25, 0.3) is 0 Å². The summed E-state index contributed by atoms with van der Waals surface area (Å²) >= 11 is 0. The summed E-state index contributed by atoms with van der Waals surface area (Å²) in [5.74, 6) is 0. The van der Waals surface area contributed by atoms with Gasteiger partial charge in [0.15, 0.2) is 0 Å². The van der Waals surface area contributed by atoms with Crippen LogP contribution in [0.2, 0.25) is 0 Å². The summed E-state index contributed by atoms with van der Waals surface area (Å²) in [6, 6.07) is 8.15. The summed E-state index contributed by atoms with van der Waals surface area (Å²) in [7, 11) is 2.09. The van der Waals surface area contributed by atoms with E-state index in [1.807, 2.05) is 18.2 Å². The van der Waals surface area contributed by atoms with Gasteiger partial charge < -0.3 is 15.3 Å². The highest BCUT2D eigenvalue weighted by molar-refractivity contribution is 5.63. The SMILES string of the molecule is CN1c2ccccc2C(O)C12CCNC2. The fourth-order valence-electron chi connectivity index (χ4n) is 2.95. The topological polar surface area (TPSA) is 35.5 Å². The number of hydrogen-bond donors (Lipinski definition) is 2.